The summed E-state index contributed by atoms with van der Waals surface area (Å²) < 4.78 is 40.0. The Hall–Kier alpha value is -0.500. The normalized spacial score (nSPS) is 24.4. The molecule has 0 radical (unpaired) electrons. The molecule has 1 aliphatic rings. The zero-order valence-electron chi connectivity index (χ0n) is 9.57. The van der Waals surface area contributed by atoms with Crippen molar-refractivity contribution in [1.29, 1.82) is 0 Å². The molecule has 0 aliphatic heterocycles. The third-order valence-corrected chi connectivity index (χ3v) is 5.53. The number of rotatable bonds is 3. The van der Waals surface area contributed by atoms with Gasteiger partial charge >= 0.3 is 0 Å². The molecule has 7 heteroatoms. The maximum Gasteiger partial charge on any atom is 0.241 e. The summed E-state index contributed by atoms with van der Waals surface area (Å²) in [6.45, 7) is 0. The van der Waals surface area contributed by atoms with E-state index in [9.17, 15) is 12.8 Å². The second-order valence-electron chi connectivity index (χ2n) is 4.40. The van der Waals surface area contributed by atoms with Crippen LogP contribution in [0.3, 0.4) is 0 Å². The Morgan fingerprint density at radius 3 is 2.67 bits per heavy atom. The Labute approximate surface area is 114 Å². The number of benzene rings is 1. The summed E-state index contributed by atoms with van der Waals surface area (Å²) in [6, 6.07) is 3.09. The summed E-state index contributed by atoms with van der Waals surface area (Å²) in [5.74, 6) is -0.488. The minimum Gasteiger partial charge on any atom is -0.326 e. The fourth-order valence-electron chi connectivity index (χ4n) is 2.09. The van der Waals surface area contributed by atoms with Gasteiger partial charge in [-0.05, 0) is 47.0 Å². The first-order chi connectivity index (χ1) is 8.40. The van der Waals surface area contributed by atoms with Gasteiger partial charge in [-0.25, -0.2) is 17.5 Å². The molecule has 3 N–H and O–H groups in total. The molecule has 2 rings (SSSR count). The first-order valence-electron chi connectivity index (χ1n) is 5.63. The molecule has 0 bridgehead atoms. The van der Waals surface area contributed by atoms with Crippen LogP contribution < -0.4 is 10.5 Å². The Balaban J connectivity index is 2.25. The van der Waals surface area contributed by atoms with Crippen molar-refractivity contribution in [1.82, 2.24) is 4.72 Å². The van der Waals surface area contributed by atoms with Gasteiger partial charge in [-0.15, -0.1) is 0 Å². The van der Waals surface area contributed by atoms with E-state index in [1.165, 1.54) is 6.07 Å². The molecule has 2 unspecified atom stereocenters. The van der Waals surface area contributed by atoms with E-state index in [4.69, 9.17) is 5.73 Å². The Morgan fingerprint density at radius 1 is 1.39 bits per heavy atom. The standard InChI is InChI=1S/C11H14BrFN2O2S/c12-8-6-7(13)4-5-11(8)18(16,17)15-10-3-1-2-9(10)14/h4-6,9-10,15H,1-3,14H2. The fraction of sp³-hybridized carbons (Fsp3) is 0.455. The van der Waals surface area contributed by atoms with Gasteiger partial charge in [0, 0.05) is 16.6 Å². The highest BCUT2D eigenvalue weighted by Crippen LogP contribution is 2.25. The van der Waals surface area contributed by atoms with Crippen LogP contribution in [-0.4, -0.2) is 20.5 Å². The minimum atomic E-state index is -3.67. The number of halogens is 2. The van der Waals surface area contributed by atoms with Gasteiger partial charge in [0.15, 0.2) is 0 Å². The molecule has 0 heterocycles. The van der Waals surface area contributed by atoms with Gasteiger partial charge in [0.2, 0.25) is 10.0 Å². The molecule has 100 valence electrons. The van der Waals surface area contributed by atoms with Crippen LogP contribution in [0.2, 0.25) is 0 Å². The van der Waals surface area contributed by atoms with Crippen LogP contribution in [0.25, 0.3) is 0 Å². The number of hydrogen-bond acceptors (Lipinski definition) is 3. The summed E-state index contributed by atoms with van der Waals surface area (Å²) in [4.78, 5) is 0.0306. The van der Waals surface area contributed by atoms with E-state index in [0.717, 1.165) is 31.4 Å². The molecule has 2 atom stereocenters. The maximum absolute atomic E-state index is 12.9. The van der Waals surface area contributed by atoms with Gasteiger partial charge in [0.1, 0.15) is 5.82 Å². The molecule has 1 fully saturated rings. The van der Waals surface area contributed by atoms with Crippen LogP contribution in [0.5, 0.6) is 0 Å². The van der Waals surface area contributed by atoms with Crippen molar-refractivity contribution in [3.63, 3.8) is 0 Å². The number of nitrogens with one attached hydrogen (secondary N) is 1. The van der Waals surface area contributed by atoms with Gasteiger partial charge in [-0.1, -0.05) is 6.42 Å². The average molecular weight is 337 g/mol. The van der Waals surface area contributed by atoms with Crippen molar-refractivity contribution < 1.29 is 12.8 Å². The lowest BCUT2D eigenvalue weighted by molar-refractivity contribution is 0.522. The topological polar surface area (TPSA) is 72.2 Å². The van der Waals surface area contributed by atoms with E-state index >= 15 is 0 Å². The molecule has 1 aromatic carbocycles. The molecule has 0 amide bonds. The second kappa shape index (κ2) is 5.24. The molecule has 1 aliphatic carbocycles. The van der Waals surface area contributed by atoms with Crippen molar-refractivity contribution >= 4 is 26.0 Å². The molecule has 1 aromatic rings. The summed E-state index contributed by atoms with van der Waals surface area (Å²) in [7, 11) is -3.67. The van der Waals surface area contributed by atoms with Crippen LogP contribution >= 0.6 is 15.9 Å². The third kappa shape index (κ3) is 2.90. The first kappa shape index (κ1) is 13.9. The zero-order valence-corrected chi connectivity index (χ0v) is 12.0. The number of nitrogens with two attached hydrogens (primary N) is 1. The molecule has 1 saturated carbocycles. The molecular formula is C11H14BrFN2O2S. The molecular weight excluding hydrogens is 323 g/mol. The second-order valence-corrected chi connectivity index (χ2v) is 6.93. The predicted octanol–water partition coefficient (Wildman–Crippen LogP) is 1.75. The smallest absolute Gasteiger partial charge is 0.241 e. The summed E-state index contributed by atoms with van der Waals surface area (Å²) in [5, 5.41) is 0. The van der Waals surface area contributed by atoms with Crippen LogP contribution in [-0.2, 0) is 10.0 Å². The Kier molecular flexibility index (Phi) is 4.05. The van der Waals surface area contributed by atoms with E-state index in [1.807, 2.05) is 0 Å². The highest BCUT2D eigenvalue weighted by molar-refractivity contribution is 9.10. The van der Waals surface area contributed by atoms with Crippen molar-refractivity contribution in [2.45, 2.75) is 36.2 Å². The molecule has 0 spiro atoms. The number of hydrogen-bond donors (Lipinski definition) is 2. The Bertz CT molecular complexity index is 550. The third-order valence-electron chi connectivity index (χ3n) is 3.06. The monoisotopic (exact) mass is 336 g/mol. The summed E-state index contributed by atoms with van der Waals surface area (Å²) in [5.41, 5.74) is 5.83. The lowest BCUT2D eigenvalue weighted by Gasteiger charge is -2.17. The Morgan fingerprint density at radius 2 is 2.11 bits per heavy atom. The van der Waals surface area contributed by atoms with Gasteiger partial charge in [-0.3, -0.25) is 0 Å². The fourth-order valence-corrected chi connectivity index (χ4v) is 4.46. The molecule has 0 aromatic heterocycles. The van der Waals surface area contributed by atoms with Crippen LogP contribution in [0.1, 0.15) is 19.3 Å². The van der Waals surface area contributed by atoms with Crippen molar-refractivity contribution in [2.75, 3.05) is 0 Å². The van der Waals surface area contributed by atoms with Gasteiger partial charge < -0.3 is 5.73 Å². The van der Waals surface area contributed by atoms with Crippen LogP contribution in [0.15, 0.2) is 27.6 Å². The quantitative estimate of drug-likeness (QED) is 0.883. The van der Waals surface area contributed by atoms with Crippen LogP contribution in [0.4, 0.5) is 4.39 Å². The van der Waals surface area contributed by atoms with Gasteiger partial charge in [0.05, 0.1) is 4.90 Å². The van der Waals surface area contributed by atoms with E-state index in [-0.39, 0.29) is 21.5 Å². The van der Waals surface area contributed by atoms with E-state index in [1.54, 1.807) is 0 Å². The first-order valence-corrected chi connectivity index (χ1v) is 7.91. The maximum atomic E-state index is 12.9. The highest BCUT2D eigenvalue weighted by Gasteiger charge is 2.29. The molecule has 0 saturated heterocycles. The lowest BCUT2D eigenvalue weighted by atomic mass is 10.2. The van der Waals surface area contributed by atoms with Crippen molar-refractivity contribution in [3.05, 3.63) is 28.5 Å². The van der Waals surface area contributed by atoms with Gasteiger partial charge in [-0.2, -0.15) is 0 Å². The SMILES string of the molecule is NC1CCCC1NS(=O)(=O)c1ccc(F)cc1Br. The molecule has 4 nitrogen and oxygen atoms in total. The van der Waals surface area contributed by atoms with Crippen LogP contribution in [0, 0.1) is 5.82 Å². The van der Waals surface area contributed by atoms with E-state index in [2.05, 4.69) is 20.7 Å². The molecule has 18 heavy (non-hydrogen) atoms. The lowest BCUT2D eigenvalue weighted by Crippen LogP contribution is -2.43. The minimum absolute atomic E-state index is 0.0306. The van der Waals surface area contributed by atoms with E-state index < -0.39 is 15.8 Å². The zero-order chi connectivity index (χ0) is 13.3. The van der Waals surface area contributed by atoms with E-state index in [0.29, 0.717) is 0 Å². The van der Waals surface area contributed by atoms with Crippen molar-refractivity contribution in [3.8, 4) is 0 Å². The predicted molar refractivity (Wildman–Crippen MR) is 70.0 cm³/mol. The number of sulfonamides is 1. The van der Waals surface area contributed by atoms with Gasteiger partial charge in [0.25, 0.3) is 0 Å². The summed E-state index contributed by atoms with van der Waals surface area (Å²) >= 11 is 3.06. The van der Waals surface area contributed by atoms with Crippen molar-refractivity contribution in [2.24, 2.45) is 5.73 Å². The average Bonchev–Trinajstić information content (AvgIpc) is 2.63. The highest BCUT2D eigenvalue weighted by atomic mass is 79.9. The largest absolute Gasteiger partial charge is 0.326 e. The summed E-state index contributed by atoms with van der Waals surface area (Å²) in [6.07, 6.45) is 2.47.